The molecule has 512 valence electrons. The van der Waals surface area contributed by atoms with Crippen LogP contribution in [0.2, 0.25) is 0 Å². The van der Waals surface area contributed by atoms with Crippen LogP contribution in [0.3, 0.4) is 0 Å². The molecule has 0 bridgehead atoms. The summed E-state index contributed by atoms with van der Waals surface area (Å²) in [6, 6.07) is 72.8. The first-order valence-corrected chi connectivity index (χ1v) is 32.9. The second kappa shape index (κ2) is 33.9. The summed E-state index contributed by atoms with van der Waals surface area (Å²) in [5.41, 5.74) is 14.5. The summed E-state index contributed by atoms with van der Waals surface area (Å²) in [5, 5.41) is 45.6. The van der Waals surface area contributed by atoms with Crippen LogP contribution in [-0.2, 0) is 35.6 Å². The van der Waals surface area contributed by atoms with Gasteiger partial charge in [0.1, 0.15) is 16.6 Å². The van der Waals surface area contributed by atoms with E-state index in [1.54, 1.807) is 71.7 Å². The predicted molar refractivity (Wildman–Crippen MR) is 405 cm³/mol. The Morgan fingerprint density at radius 1 is 0.408 bits per heavy atom. The van der Waals surface area contributed by atoms with Crippen LogP contribution in [0.5, 0.6) is 0 Å². The molecular weight excluding hydrogens is 1360 g/mol. The number of nitrogens with zero attached hydrogens (tertiary/aromatic N) is 12. The summed E-state index contributed by atoms with van der Waals surface area (Å²) in [5.74, 6) is 3.27. The maximum atomic E-state index is 12.2. The average Bonchev–Trinajstić information content (AvgIpc) is 1.68. The van der Waals surface area contributed by atoms with Gasteiger partial charge in [-0.15, -0.1) is 15.3 Å². The summed E-state index contributed by atoms with van der Waals surface area (Å²) in [7, 11) is 0. The van der Waals surface area contributed by atoms with E-state index < -0.39 is 17.2 Å². The van der Waals surface area contributed by atoms with Crippen LogP contribution >= 0.6 is 0 Å². The Morgan fingerprint density at radius 3 is 1.00 bits per heavy atom. The summed E-state index contributed by atoms with van der Waals surface area (Å²) in [6.45, 7) is 10.9. The van der Waals surface area contributed by atoms with Gasteiger partial charge >= 0.3 is 29.0 Å². The number of carbonyl (C=O) groups excluding carboxylic acids is 1. The van der Waals surface area contributed by atoms with Gasteiger partial charge in [0.2, 0.25) is 0 Å². The number of nitrogens with one attached hydrogen (secondary N) is 3. The summed E-state index contributed by atoms with van der Waals surface area (Å²) < 4.78 is 10.6. The van der Waals surface area contributed by atoms with Gasteiger partial charge < -0.3 is 55.3 Å². The summed E-state index contributed by atoms with van der Waals surface area (Å²) >= 11 is 0. The molecule has 21 heteroatoms. The van der Waals surface area contributed by atoms with E-state index >= 15 is 0 Å². The van der Waals surface area contributed by atoms with Crippen molar-refractivity contribution in [1.82, 2.24) is 58.7 Å². The Labute approximate surface area is 624 Å². The maximum Gasteiger partial charge on any atom is 2.00 e. The number of anilines is 3. The molecule has 0 aliphatic rings. The van der Waals surface area contributed by atoms with Crippen molar-refractivity contribution < 1.29 is 36.7 Å². The number of esters is 1. The number of hydrogen-bond acceptors (Lipinski definition) is 16. The van der Waals surface area contributed by atoms with E-state index in [9.17, 15) is 15.0 Å². The monoisotopic (exact) mass is 1440 g/mol. The number of aromatic nitrogens is 12. The number of halogens is 1. The number of benzene rings is 6. The van der Waals surface area contributed by atoms with Gasteiger partial charge in [-0.2, -0.15) is 0 Å². The second-order valence-corrected chi connectivity index (χ2v) is 24.8. The van der Waals surface area contributed by atoms with E-state index in [2.05, 4.69) is 116 Å². The van der Waals surface area contributed by atoms with E-state index in [1.165, 1.54) is 6.20 Å². The fraction of sp³-hybridized carbons (Fsp3) is 0.134. The van der Waals surface area contributed by atoms with E-state index in [4.69, 9.17) is 35.0 Å². The zero-order valence-electron chi connectivity index (χ0n) is 58.0. The Bertz CT molecular complexity index is 5050. The molecule has 0 aliphatic carbocycles. The first kappa shape index (κ1) is 74.4. The molecule has 0 radical (unpaired) electrons. The van der Waals surface area contributed by atoms with Gasteiger partial charge in [-0.1, -0.05) is 182 Å². The van der Waals surface area contributed by atoms with Crippen LogP contribution < -0.4 is 32.9 Å². The van der Waals surface area contributed by atoms with Crippen LogP contribution in [0, 0.1) is 7.43 Å². The van der Waals surface area contributed by atoms with Gasteiger partial charge in [0, 0.05) is 120 Å². The van der Waals surface area contributed by atoms with Crippen molar-refractivity contribution in [3.05, 3.63) is 315 Å². The van der Waals surface area contributed by atoms with Crippen molar-refractivity contribution >= 4 is 63.0 Å². The van der Waals surface area contributed by atoms with Crippen molar-refractivity contribution in [1.29, 1.82) is 0 Å². The molecule has 19 nitrogen and oxygen atoms in total. The topological polar surface area (TPSA) is 232 Å². The Hall–Kier alpha value is -11.3. The van der Waals surface area contributed by atoms with Gasteiger partial charge in [-0.25, -0.2) is 33.3 Å². The third-order valence-electron chi connectivity index (χ3n) is 16.6. The molecule has 0 aliphatic heterocycles. The van der Waals surface area contributed by atoms with E-state index in [0.717, 1.165) is 89.4 Å². The number of ether oxygens (including phenoxy) is 1. The summed E-state index contributed by atoms with van der Waals surface area (Å²) in [4.78, 5) is 39.7. The first-order valence-electron chi connectivity index (χ1n) is 32.9. The molecule has 5 N–H and O–H groups in total. The largest absolute Gasteiger partial charge is 2.00 e. The molecule has 0 amide bonds. The number of pyridine rings is 3. The van der Waals surface area contributed by atoms with E-state index in [-0.39, 0.29) is 47.5 Å². The van der Waals surface area contributed by atoms with E-state index in [1.807, 2.05) is 160 Å². The Morgan fingerprint density at radius 2 is 0.699 bits per heavy atom. The van der Waals surface area contributed by atoms with Crippen LogP contribution in [0.15, 0.2) is 274 Å². The second-order valence-electron chi connectivity index (χ2n) is 24.8. The summed E-state index contributed by atoms with van der Waals surface area (Å²) in [6.07, 6.45) is 15.7. The third-order valence-corrected chi connectivity index (χ3v) is 16.6. The van der Waals surface area contributed by atoms with Crippen LogP contribution in [-0.4, -0.2) is 105 Å². The fourth-order valence-corrected chi connectivity index (χ4v) is 11.4. The SMILES string of the molecule is CC(C)(O)c1cncc(-c2nc(NCc3ccccc3)c3c(-c4ccccc4)ccn3n2)c1.CC(C)(O)c1cncc(-c2nc(NCc3ccccc3)c3c(-c4ccccc4)ccn3n2)c1.CCOC(=O)c1cncc(-c2nc(NCc3ccccc3)c3c(-c4ccccc4)ccn3n2)c1.[Br-].[CH3-].[Mg+2]. The van der Waals surface area contributed by atoms with Crippen molar-refractivity contribution in [2.24, 2.45) is 0 Å². The van der Waals surface area contributed by atoms with E-state index in [0.29, 0.717) is 71.8 Å². The molecule has 6 aromatic carbocycles. The van der Waals surface area contributed by atoms with Crippen molar-refractivity contribution in [2.75, 3.05) is 22.6 Å². The molecule has 0 fully saturated rings. The number of hydrogen-bond donors (Lipinski definition) is 5. The third kappa shape index (κ3) is 17.9. The van der Waals surface area contributed by atoms with Gasteiger partial charge in [0.05, 0.1) is 23.4 Å². The molecule has 15 aromatic rings. The van der Waals surface area contributed by atoms with Crippen molar-refractivity contribution in [2.45, 2.75) is 65.5 Å². The van der Waals surface area contributed by atoms with Crippen LogP contribution in [0.4, 0.5) is 17.5 Å². The minimum Gasteiger partial charge on any atom is -1.00 e. The zero-order valence-corrected chi connectivity index (χ0v) is 61.0. The van der Waals surface area contributed by atoms with Gasteiger partial charge in [0.25, 0.3) is 0 Å². The zero-order chi connectivity index (χ0) is 69.0. The molecule has 103 heavy (non-hydrogen) atoms. The molecule has 9 heterocycles. The molecular formula is C82H76BrMgN15O4. The van der Waals surface area contributed by atoms with Crippen molar-refractivity contribution in [3.8, 4) is 67.5 Å². The Kier molecular flexibility index (Phi) is 24.5. The number of carbonyl (C=O) groups is 1. The normalized spacial score (nSPS) is 11.0. The molecule has 0 atom stereocenters. The molecule has 0 unspecified atom stereocenters. The van der Waals surface area contributed by atoms with Crippen LogP contribution in [0.25, 0.3) is 84.1 Å². The molecule has 0 saturated heterocycles. The number of aliphatic hydroxyl groups is 2. The van der Waals surface area contributed by atoms with Gasteiger partial charge in [0.15, 0.2) is 34.9 Å². The van der Waals surface area contributed by atoms with Gasteiger partial charge in [-0.3, -0.25) is 15.0 Å². The minimum atomic E-state index is -1.00. The molecule has 0 spiro atoms. The molecule has 15 rings (SSSR count). The van der Waals surface area contributed by atoms with Crippen LogP contribution in [0.1, 0.15) is 72.8 Å². The molecule has 0 saturated carbocycles. The Balaban J connectivity index is 0.000000164. The fourth-order valence-electron chi connectivity index (χ4n) is 11.4. The predicted octanol–water partition coefficient (Wildman–Crippen LogP) is 12.9. The van der Waals surface area contributed by atoms with Crippen molar-refractivity contribution in [3.63, 3.8) is 0 Å². The maximum absolute atomic E-state index is 12.2. The number of rotatable bonds is 19. The quantitative estimate of drug-likeness (QED) is 0.0288. The standard InChI is InChI=1S/C27H23N5O2.2C27H25N5O.CH3.BrH.Mg/c1-2-34-27(33)22-15-21(17-28-18-22)25-30-26(29-16-19-9-5-3-6-10-19)24-23(13-14-32(24)31-25)20-11-7-4-8-12-20;2*1-27(2,33)22-15-21(17-28-18-22)25-30-26(29-16-19-9-5-3-6-10-19)24-23(13-14-32(24)31-25)20-11-7-4-8-12-20;;;/h3-15,17-18H,2,16H2,1H3,(H,29,30,31);2*3-15,17-18,33H,16H2,1-2H3,(H,29,30,31);1H3;1H;/q;;;-1;;+2/p-1. The first-order chi connectivity index (χ1) is 48.7. The van der Waals surface area contributed by atoms with Gasteiger partial charge in [-0.05, 0) is 104 Å². The average molecular weight is 1440 g/mol. The minimum absolute atomic E-state index is 0. The number of fused-ring (bicyclic) bond motifs is 3. The smallest absolute Gasteiger partial charge is 1.00 e. The molecule has 9 aromatic heterocycles.